The average Bonchev–Trinajstić information content (AvgIpc) is 2.80. The molecule has 1 N–H and O–H groups in total. The Labute approximate surface area is 184 Å². The number of benzene rings is 3. The Kier molecular flexibility index (Phi) is 5.31. The Morgan fingerprint density at radius 3 is 2.45 bits per heavy atom. The van der Waals surface area contributed by atoms with Crippen LogP contribution in [0.1, 0.15) is 16.7 Å². The van der Waals surface area contributed by atoms with Crippen LogP contribution in [0.4, 0.5) is 17.2 Å². The zero-order chi connectivity index (χ0) is 21.2. The molecule has 0 saturated carbocycles. The van der Waals surface area contributed by atoms with Crippen molar-refractivity contribution < 1.29 is 0 Å². The smallest absolute Gasteiger partial charge is 0.133 e. The van der Waals surface area contributed by atoms with E-state index in [-0.39, 0.29) is 0 Å². The molecular formula is C27H28N4. The molecule has 1 aliphatic heterocycles. The largest absolute Gasteiger partial charge is 0.377 e. The predicted molar refractivity (Wildman–Crippen MR) is 130 cm³/mol. The molecule has 0 amide bonds. The number of nitrogens with one attached hydrogen (secondary N) is 1. The van der Waals surface area contributed by atoms with E-state index in [1.807, 2.05) is 6.07 Å². The van der Waals surface area contributed by atoms with Crippen molar-refractivity contribution in [1.82, 2.24) is 9.88 Å². The first kappa shape index (κ1) is 19.6. The number of hydrogen-bond donors (Lipinski definition) is 1. The third-order valence-electron chi connectivity index (χ3n) is 6.02. The Morgan fingerprint density at radius 2 is 1.65 bits per heavy atom. The van der Waals surface area contributed by atoms with Crippen molar-refractivity contribution in [2.75, 3.05) is 30.9 Å². The summed E-state index contributed by atoms with van der Waals surface area (Å²) in [6.45, 7) is 3.13. The van der Waals surface area contributed by atoms with E-state index in [0.29, 0.717) is 0 Å². The molecule has 0 unspecified atom stereocenters. The molecule has 4 heteroatoms. The van der Waals surface area contributed by atoms with Gasteiger partial charge in [-0.2, -0.15) is 0 Å². The van der Waals surface area contributed by atoms with E-state index in [1.165, 1.54) is 16.7 Å². The molecular weight excluding hydrogens is 380 g/mol. The van der Waals surface area contributed by atoms with Crippen LogP contribution in [0.25, 0.3) is 10.9 Å². The molecule has 5 rings (SSSR count). The molecule has 1 aliphatic rings. The lowest BCUT2D eigenvalue weighted by atomic mass is 9.99. The van der Waals surface area contributed by atoms with Crippen molar-refractivity contribution in [2.24, 2.45) is 0 Å². The molecule has 2 heterocycles. The number of aromatic nitrogens is 1. The Hall–Kier alpha value is -3.37. The van der Waals surface area contributed by atoms with E-state index in [1.54, 1.807) is 0 Å². The fourth-order valence-electron chi connectivity index (χ4n) is 4.38. The molecule has 0 atom stereocenters. The zero-order valence-electron chi connectivity index (χ0n) is 18.2. The molecule has 0 aliphatic carbocycles. The predicted octanol–water partition coefficient (Wildman–Crippen LogP) is 5.60. The van der Waals surface area contributed by atoms with Crippen molar-refractivity contribution in [1.29, 1.82) is 0 Å². The van der Waals surface area contributed by atoms with E-state index in [0.717, 1.165) is 54.2 Å². The van der Waals surface area contributed by atoms with E-state index < -0.39 is 0 Å². The van der Waals surface area contributed by atoms with Gasteiger partial charge in [-0.1, -0.05) is 54.6 Å². The van der Waals surface area contributed by atoms with Gasteiger partial charge < -0.3 is 10.2 Å². The molecule has 0 saturated heterocycles. The van der Waals surface area contributed by atoms with Gasteiger partial charge in [-0.15, -0.1) is 0 Å². The second kappa shape index (κ2) is 8.40. The fourth-order valence-corrected chi connectivity index (χ4v) is 4.38. The molecule has 0 bridgehead atoms. The highest BCUT2D eigenvalue weighted by molar-refractivity contribution is 5.93. The summed E-state index contributed by atoms with van der Waals surface area (Å²) in [7, 11) is 4.14. The summed E-state index contributed by atoms with van der Waals surface area (Å²) in [6, 6.07) is 27.9. The molecule has 0 fully saturated rings. The van der Waals surface area contributed by atoms with Crippen molar-refractivity contribution in [3.05, 3.63) is 95.6 Å². The molecule has 4 nitrogen and oxygen atoms in total. The second-order valence-corrected chi connectivity index (χ2v) is 8.49. The number of hydrogen-bond acceptors (Lipinski definition) is 4. The highest BCUT2D eigenvalue weighted by Gasteiger charge is 2.15. The first-order valence-corrected chi connectivity index (χ1v) is 10.9. The van der Waals surface area contributed by atoms with Crippen LogP contribution < -0.4 is 10.2 Å². The Balaban J connectivity index is 1.30. The summed E-state index contributed by atoms with van der Waals surface area (Å²) in [5, 5.41) is 4.65. The number of anilines is 3. The maximum Gasteiger partial charge on any atom is 0.133 e. The maximum atomic E-state index is 4.80. The number of nitrogens with zero attached hydrogens (tertiary/aromatic N) is 3. The zero-order valence-corrected chi connectivity index (χ0v) is 18.2. The lowest BCUT2D eigenvalue weighted by Gasteiger charge is -2.28. The number of para-hydroxylation sites is 1. The molecule has 0 radical (unpaired) electrons. The van der Waals surface area contributed by atoms with Gasteiger partial charge in [0.25, 0.3) is 0 Å². The van der Waals surface area contributed by atoms with E-state index in [4.69, 9.17) is 4.98 Å². The van der Waals surface area contributed by atoms with Crippen molar-refractivity contribution in [2.45, 2.75) is 19.5 Å². The van der Waals surface area contributed by atoms with Crippen LogP contribution >= 0.6 is 0 Å². The topological polar surface area (TPSA) is 31.4 Å². The minimum Gasteiger partial charge on any atom is -0.377 e. The van der Waals surface area contributed by atoms with Crippen LogP contribution in [0.5, 0.6) is 0 Å². The van der Waals surface area contributed by atoms with Crippen LogP contribution in [0.2, 0.25) is 0 Å². The van der Waals surface area contributed by atoms with Crippen LogP contribution in [0.15, 0.2) is 78.9 Å². The van der Waals surface area contributed by atoms with Gasteiger partial charge in [0.15, 0.2) is 0 Å². The third-order valence-corrected chi connectivity index (χ3v) is 6.02. The van der Waals surface area contributed by atoms with Gasteiger partial charge in [0.05, 0.1) is 5.52 Å². The Bertz CT molecular complexity index is 1200. The normalized spacial score (nSPS) is 13.7. The van der Waals surface area contributed by atoms with Crippen LogP contribution in [0.3, 0.4) is 0 Å². The standard InChI is InChI=1S/C27H28N4/c1-30(2)26-17-27(29-25-10-6-5-9-24(25)26)28-23-13-11-20(12-14-23)18-31-16-15-21-7-3-4-8-22(21)19-31/h3-14,17H,15-16,18-19H2,1-2H3,(H,28,29). The summed E-state index contributed by atoms with van der Waals surface area (Å²) in [5.41, 5.74) is 7.52. The Morgan fingerprint density at radius 1 is 0.903 bits per heavy atom. The molecule has 4 aromatic rings. The van der Waals surface area contributed by atoms with Gasteiger partial charge in [0, 0.05) is 56.6 Å². The first-order chi connectivity index (χ1) is 15.2. The van der Waals surface area contributed by atoms with Crippen molar-refractivity contribution >= 4 is 28.1 Å². The SMILES string of the molecule is CN(C)c1cc(Nc2ccc(CN3CCc4ccccc4C3)cc2)nc2ccccc12. The van der Waals surface area contributed by atoms with Gasteiger partial charge in [0.1, 0.15) is 5.82 Å². The molecule has 1 aromatic heterocycles. The van der Waals surface area contributed by atoms with Gasteiger partial charge in [-0.25, -0.2) is 4.98 Å². The van der Waals surface area contributed by atoms with E-state index in [2.05, 4.69) is 102 Å². The molecule has 31 heavy (non-hydrogen) atoms. The van der Waals surface area contributed by atoms with Gasteiger partial charge >= 0.3 is 0 Å². The van der Waals surface area contributed by atoms with Gasteiger partial charge in [-0.3, -0.25) is 4.90 Å². The van der Waals surface area contributed by atoms with Crippen LogP contribution in [0, 0.1) is 0 Å². The number of fused-ring (bicyclic) bond motifs is 2. The van der Waals surface area contributed by atoms with Crippen molar-refractivity contribution in [3.8, 4) is 0 Å². The quantitative estimate of drug-likeness (QED) is 0.466. The monoisotopic (exact) mass is 408 g/mol. The second-order valence-electron chi connectivity index (χ2n) is 8.49. The maximum absolute atomic E-state index is 4.80. The first-order valence-electron chi connectivity index (χ1n) is 10.9. The lowest BCUT2D eigenvalue weighted by molar-refractivity contribution is 0.245. The molecule has 156 valence electrons. The van der Waals surface area contributed by atoms with Crippen LogP contribution in [-0.2, 0) is 19.5 Å². The molecule has 3 aromatic carbocycles. The van der Waals surface area contributed by atoms with Crippen molar-refractivity contribution in [3.63, 3.8) is 0 Å². The van der Waals surface area contributed by atoms with Crippen LogP contribution in [-0.4, -0.2) is 30.5 Å². The highest BCUT2D eigenvalue weighted by Crippen LogP contribution is 2.29. The summed E-state index contributed by atoms with van der Waals surface area (Å²) < 4.78 is 0. The van der Waals surface area contributed by atoms with Gasteiger partial charge in [0.2, 0.25) is 0 Å². The number of pyridine rings is 1. The van der Waals surface area contributed by atoms with Gasteiger partial charge in [-0.05, 0) is 41.3 Å². The third kappa shape index (κ3) is 4.25. The summed E-state index contributed by atoms with van der Waals surface area (Å²) in [6.07, 6.45) is 1.14. The lowest BCUT2D eigenvalue weighted by Crippen LogP contribution is -2.29. The minimum atomic E-state index is 0.864. The number of rotatable bonds is 5. The highest BCUT2D eigenvalue weighted by atomic mass is 15.1. The summed E-state index contributed by atoms with van der Waals surface area (Å²) in [5.74, 6) is 0.864. The van der Waals surface area contributed by atoms with E-state index >= 15 is 0 Å². The molecule has 0 spiro atoms. The summed E-state index contributed by atoms with van der Waals surface area (Å²) >= 11 is 0. The fraction of sp³-hybridized carbons (Fsp3) is 0.222. The average molecular weight is 409 g/mol. The van der Waals surface area contributed by atoms with E-state index in [9.17, 15) is 0 Å². The summed E-state index contributed by atoms with van der Waals surface area (Å²) in [4.78, 5) is 9.47. The minimum absolute atomic E-state index is 0.864.